The largest absolute Gasteiger partial charge is 0.416 e. The molecule has 1 aromatic rings. The zero-order valence-corrected chi connectivity index (χ0v) is 12.8. The summed E-state index contributed by atoms with van der Waals surface area (Å²) in [6, 6.07) is 4.21. The topological polar surface area (TPSA) is 106 Å². The van der Waals surface area contributed by atoms with Crippen LogP contribution in [-0.2, 0) is 20.6 Å². The Morgan fingerprint density at radius 2 is 1.50 bits per heavy atom. The second-order valence-corrected chi connectivity index (χ2v) is 5.03. The van der Waals surface area contributed by atoms with Crippen LogP contribution in [0, 0.1) is 0 Å². The summed E-state index contributed by atoms with van der Waals surface area (Å²) in [6.07, 6.45) is -3.36. The molecule has 0 bridgehead atoms. The van der Waals surface area contributed by atoms with Gasteiger partial charge in [0, 0.05) is 6.08 Å². The third-order valence-electron chi connectivity index (χ3n) is 3.01. The van der Waals surface area contributed by atoms with Crippen LogP contribution >= 0.6 is 0 Å². The van der Waals surface area contributed by atoms with Crippen LogP contribution in [0.15, 0.2) is 30.3 Å². The quantitative estimate of drug-likeness (QED) is 0.750. The van der Waals surface area contributed by atoms with Crippen molar-refractivity contribution in [3.05, 3.63) is 41.5 Å². The van der Waals surface area contributed by atoms with Crippen molar-refractivity contribution < 1.29 is 27.6 Å². The lowest BCUT2D eigenvalue weighted by molar-refractivity contribution is -0.137. The van der Waals surface area contributed by atoms with Gasteiger partial charge in [0.15, 0.2) is 0 Å². The molecule has 3 amide bonds. The molecule has 0 aliphatic heterocycles. The molecule has 24 heavy (non-hydrogen) atoms. The standard InChI is InChI=1S/C15H16F3N3O3/c1-9(10-2-4-11(5-3-10)15(16,17)18)6-14(24)21(7-12(19)22)8-13(20)23/h2-6H,7-8H2,1H3,(H2,19,22)(H2,20,23)/b9-6-. The van der Waals surface area contributed by atoms with E-state index in [-0.39, 0.29) is 0 Å². The molecular formula is C15H16F3N3O3. The number of nitrogens with zero attached hydrogens (tertiary/aromatic N) is 1. The van der Waals surface area contributed by atoms with Crippen molar-refractivity contribution in [3.63, 3.8) is 0 Å². The second-order valence-electron chi connectivity index (χ2n) is 5.03. The van der Waals surface area contributed by atoms with Crippen LogP contribution in [0.2, 0.25) is 0 Å². The summed E-state index contributed by atoms with van der Waals surface area (Å²) in [5, 5.41) is 0. The molecule has 4 N–H and O–H groups in total. The highest BCUT2D eigenvalue weighted by Crippen LogP contribution is 2.30. The van der Waals surface area contributed by atoms with Crippen molar-refractivity contribution in [2.45, 2.75) is 13.1 Å². The number of rotatable bonds is 6. The molecule has 0 unspecified atom stereocenters. The van der Waals surface area contributed by atoms with Crippen molar-refractivity contribution in [1.29, 1.82) is 0 Å². The Bertz CT molecular complexity index is 651. The predicted molar refractivity (Wildman–Crippen MR) is 80.1 cm³/mol. The Kier molecular flexibility index (Phi) is 6.10. The molecule has 0 heterocycles. The summed E-state index contributed by atoms with van der Waals surface area (Å²) in [5.74, 6) is -2.36. The zero-order valence-electron chi connectivity index (χ0n) is 12.8. The highest BCUT2D eigenvalue weighted by atomic mass is 19.4. The van der Waals surface area contributed by atoms with E-state index in [4.69, 9.17) is 11.5 Å². The van der Waals surface area contributed by atoms with Gasteiger partial charge in [0.1, 0.15) is 13.1 Å². The van der Waals surface area contributed by atoms with E-state index in [2.05, 4.69) is 0 Å². The number of nitrogens with two attached hydrogens (primary N) is 2. The average molecular weight is 343 g/mol. The van der Waals surface area contributed by atoms with Crippen molar-refractivity contribution >= 4 is 23.3 Å². The number of primary amides is 2. The Hall–Kier alpha value is -2.84. The maximum absolute atomic E-state index is 12.5. The van der Waals surface area contributed by atoms with Crippen LogP contribution in [0.5, 0.6) is 0 Å². The molecule has 0 atom stereocenters. The van der Waals surface area contributed by atoms with Crippen LogP contribution in [-0.4, -0.2) is 35.7 Å². The first-order valence-electron chi connectivity index (χ1n) is 6.72. The van der Waals surface area contributed by atoms with Gasteiger partial charge in [0.25, 0.3) is 0 Å². The Morgan fingerprint density at radius 1 is 1.04 bits per heavy atom. The maximum atomic E-state index is 12.5. The molecule has 0 fully saturated rings. The number of benzene rings is 1. The fraction of sp³-hybridized carbons (Fsp3) is 0.267. The fourth-order valence-electron chi connectivity index (χ4n) is 1.87. The normalized spacial score (nSPS) is 11.9. The number of carbonyl (C=O) groups is 3. The summed E-state index contributed by atoms with van der Waals surface area (Å²) in [5.41, 5.74) is 9.92. The lowest BCUT2D eigenvalue weighted by Crippen LogP contribution is -2.42. The van der Waals surface area contributed by atoms with Crippen LogP contribution < -0.4 is 11.5 Å². The number of alkyl halides is 3. The molecule has 0 saturated heterocycles. The predicted octanol–water partition coefficient (Wildman–Crippen LogP) is 0.908. The molecule has 1 rings (SSSR count). The third kappa shape index (κ3) is 5.75. The molecule has 6 nitrogen and oxygen atoms in total. The second kappa shape index (κ2) is 7.62. The van der Waals surface area contributed by atoms with Gasteiger partial charge in [-0.1, -0.05) is 12.1 Å². The average Bonchev–Trinajstić information content (AvgIpc) is 2.44. The lowest BCUT2D eigenvalue weighted by atomic mass is 10.0. The van der Waals surface area contributed by atoms with E-state index in [0.29, 0.717) is 11.1 Å². The fourth-order valence-corrected chi connectivity index (χ4v) is 1.87. The number of halogens is 3. The Labute approximate surface area is 135 Å². The zero-order chi connectivity index (χ0) is 18.5. The first-order valence-corrected chi connectivity index (χ1v) is 6.72. The van der Waals surface area contributed by atoms with E-state index >= 15 is 0 Å². The highest BCUT2D eigenvalue weighted by molar-refractivity contribution is 5.98. The molecular weight excluding hydrogens is 327 g/mol. The summed E-state index contributed by atoms with van der Waals surface area (Å²) >= 11 is 0. The summed E-state index contributed by atoms with van der Waals surface area (Å²) in [4.78, 5) is 34.8. The number of carbonyl (C=O) groups excluding carboxylic acids is 3. The van der Waals surface area contributed by atoms with Crippen LogP contribution in [0.3, 0.4) is 0 Å². The van der Waals surface area contributed by atoms with Crippen molar-refractivity contribution in [2.24, 2.45) is 11.5 Å². The smallest absolute Gasteiger partial charge is 0.368 e. The van der Waals surface area contributed by atoms with Crippen LogP contribution in [0.25, 0.3) is 5.57 Å². The van der Waals surface area contributed by atoms with Crippen molar-refractivity contribution in [3.8, 4) is 0 Å². The minimum atomic E-state index is -4.45. The van der Waals surface area contributed by atoms with E-state index in [0.717, 1.165) is 23.1 Å². The van der Waals surface area contributed by atoms with Crippen molar-refractivity contribution in [2.75, 3.05) is 13.1 Å². The number of hydrogen-bond donors (Lipinski definition) is 2. The SMILES string of the molecule is C/C(=C/C(=O)N(CC(N)=O)CC(N)=O)c1ccc(C(F)(F)F)cc1. The van der Waals surface area contributed by atoms with E-state index in [9.17, 15) is 27.6 Å². The summed E-state index contributed by atoms with van der Waals surface area (Å²) in [7, 11) is 0. The number of allylic oxidation sites excluding steroid dienone is 1. The first kappa shape index (κ1) is 19.2. The summed E-state index contributed by atoms with van der Waals surface area (Å²) < 4.78 is 37.5. The van der Waals surface area contributed by atoms with Gasteiger partial charge in [0.05, 0.1) is 5.56 Å². The number of hydrogen-bond acceptors (Lipinski definition) is 3. The molecule has 0 spiro atoms. The van der Waals surface area contributed by atoms with Crippen LogP contribution in [0.4, 0.5) is 13.2 Å². The van der Waals surface area contributed by atoms with E-state index in [1.165, 1.54) is 19.1 Å². The summed E-state index contributed by atoms with van der Waals surface area (Å²) in [6.45, 7) is 0.504. The molecule has 0 radical (unpaired) electrons. The van der Waals surface area contributed by atoms with Crippen molar-refractivity contribution in [1.82, 2.24) is 4.90 Å². The highest BCUT2D eigenvalue weighted by Gasteiger charge is 2.30. The number of amides is 3. The molecule has 9 heteroatoms. The molecule has 1 aromatic carbocycles. The van der Waals surface area contributed by atoms with Gasteiger partial charge >= 0.3 is 6.18 Å². The molecule has 0 aliphatic rings. The third-order valence-corrected chi connectivity index (χ3v) is 3.01. The molecule has 0 aromatic heterocycles. The van der Waals surface area contributed by atoms with Gasteiger partial charge in [-0.05, 0) is 30.2 Å². The van der Waals surface area contributed by atoms with Gasteiger partial charge in [-0.25, -0.2) is 0 Å². The maximum Gasteiger partial charge on any atom is 0.416 e. The van der Waals surface area contributed by atoms with Gasteiger partial charge in [-0.3, -0.25) is 14.4 Å². The monoisotopic (exact) mass is 343 g/mol. The van der Waals surface area contributed by atoms with E-state index in [1.807, 2.05) is 0 Å². The molecule has 0 aliphatic carbocycles. The lowest BCUT2D eigenvalue weighted by Gasteiger charge is -2.18. The van der Waals surface area contributed by atoms with Gasteiger partial charge in [-0.15, -0.1) is 0 Å². The Balaban J connectivity index is 2.98. The van der Waals surface area contributed by atoms with Gasteiger partial charge < -0.3 is 16.4 Å². The Morgan fingerprint density at radius 3 is 1.88 bits per heavy atom. The first-order chi connectivity index (χ1) is 11.0. The molecule has 130 valence electrons. The van der Waals surface area contributed by atoms with Gasteiger partial charge in [0.2, 0.25) is 17.7 Å². The van der Waals surface area contributed by atoms with Crippen LogP contribution in [0.1, 0.15) is 18.1 Å². The van der Waals surface area contributed by atoms with E-state index < -0.39 is 42.6 Å². The minimum absolute atomic E-state index is 0.354. The van der Waals surface area contributed by atoms with E-state index in [1.54, 1.807) is 0 Å². The van der Waals surface area contributed by atoms with Gasteiger partial charge in [-0.2, -0.15) is 13.2 Å². The molecule has 0 saturated carbocycles. The minimum Gasteiger partial charge on any atom is -0.368 e.